The highest BCUT2D eigenvalue weighted by Gasteiger charge is 2.02. The molecule has 0 bridgehead atoms. The summed E-state index contributed by atoms with van der Waals surface area (Å²) in [5.74, 6) is -0.898. The molecule has 0 radical (unpaired) electrons. The van der Waals surface area contributed by atoms with E-state index in [0.717, 1.165) is 18.4 Å². The maximum atomic E-state index is 10.9. The van der Waals surface area contributed by atoms with Gasteiger partial charge in [-0.3, -0.25) is 0 Å². The predicted molar refractivity (Wildman–Crippen MR) is 102 cm³/mol. The van der Waals surface area contributed by atoms with E-state index in [4.69, 9.17) is 5.11 Å². The average Bonchev–Trinajstić information content (AvgIpc) is 2.64. The normalized spacial score (nSPS) is 10.9. The SMILES string of the molecule is O=C(O)c1ccc(C=CCc2ccccc2Cc2ccccc2)cc1. The Balaban J connectivity index is 1.69. The number of hydrogen-bond acceptors (Lipinski definition) is 1. The van der Waals surface area contributed by atoms with Crippen LogP contribution in [0.1, 0.15) is 32.6 Å². The van der Waals surface area contributed by atoms with Gasteiger partial charge in [-0.25, -0.2) is 4.79 Å². The molecule has 124 valence electrons. The number of benzene rings is 3. The molecule has 2 heteroatoms. The van der Waals surface area contributed by atoms with Crippen LogP contribution in [0.25, 0.3) is 6.08 Å². The molecule has 0 fully saturated rings. The van der Waals surface area contributed by atoms with Crippen molar-refractivity contribution in [3.63, 3.8) is 0 Å². The molecule has 3 rings (SSSR count). The van der Waals surface area contributed by atoms with Crippen molar-refractivity contribution in [3.05, 3.63) is 113 Å². The summed E-state index contributed by atoms with van der Waals surface area (Å²) < 4.78 is 0. The van der Waals surface area contributed by atoms with Crippen molar-refractivity contribution in [1.82, 2.24) is 0 Å². The minimum absolute atomic E-state index is 0.311. The second-order valence-electron chi connectivity index (χ2n) is 5.96. The molecule has 0 saturated carbocycles. The van der Waals surface area contributed by atoms with Gasteiger partial charge in [-0.2, -0.15) is 0 Å². The number of carbonyl (C=O) groups is 1. The fourth-order valence-electron chi connectivity index (χ4n) is 2.80. The Morgan fingerprint density at radius 2 is 1.44 bits per heavy atom. The predicted octanol–water partition coefficient (Wildman–Crippen LogP) is 5.23. The maximum absolute atomic E-state index is 10.9. The second-order valence-corrected chi connectivity index (χ2v) is 5.96. The van der Waals surface area contributed by atoms with Gasteiger partial charge in [0.1, 0.15) is 0 Å². The van der Waals surface area contributed by atoms with Gasteiger partial charge in [-0.05, 0) is 47.2 Å². The third-order valence-electron chi connectivity index (χ3n) is 4.16. The lowest BCUT2D eigenvalue weighted by Gasteiger charge is -2.08. The van der Waals surface area contributed by atoms with Crippen molar-refractivity contribution in [3.8, 4) is 0 Å². The van der Waals surface area contributed by atoms with Gasteiger partial charge in [-0.1, -0.05) is 78.9 Å². The van der Waals surface area contributed by atoms with Crippen LogP contribution in [0.2, 0.25) is 0 Å². The van der Waals surface area contributed by atoms with Crippen molar-refractivity contribution in [2.24, 2.45) is 0 Å². The van der Waals surface area contributed by atoms with Gasteiger partial charge in [0, 0.05) is 0 Å². The molecule has 0 saturated heterocycles. The smallest absolute Gasteiger partial charge is 0.335 e. The zero-order chi connectivity index (χ0) is 17.5. The molecule has 0 atom stereocenters. The largest absolute Gasteiger partial charge is 0.478 e. The summed E-state index contributed by atoms with van der Waals surface area (Å²) in [6, 6.07) is 25.9. The lowest BCUT2D eigenvalue weighted by atomic mass is 9.97. The van der Waals surface area contributed by atoms with Gasteiger partial charge in [0.2, 0.25) is 0 Å². The summed E-state index contributed by atoms with van der Waals surface area (Å²) >= 11 is 0. The van der Waals surface area contributed by atoms with E-state index in [1.807, 2.05) is 24.3 Å². The first-order valence-corrected chi connectivity index (χ1v) is 8.33. The van der Waals surface area contributed by atoms with Crippen molar-refractivity contribution < 1.29 is 9.90 Å². The Labute approximate surface area is 148 Å². The number of hydrogen-bond donors (Lipinski definition) is 1. The first-order valence-electron chi connectivity index (χ1n) is 8.33. The Morgan fingerprint density at radius 1 is 0.800 bits per heavy atom. The molecule has 0 spiro atoms. The third-order valence-corrected chi connectivity index (χ3v) is 4.16. The summed E-state index contributed by atoms with van der Waals surface area (Å²) in [5.41, 5.74) is 5.27. The highest BCUT2D eigenvalue weighted by Crippen LogP contribution is 2.16. The number of aromatic carboxylic acids is 1. The van der Waals surface area contributed by atoms with Crippen molar-refractivity contribution in [2.75, 3.05) is 0 Å². The lowest BCUT2D eigenvalue weighted by molar-refractivity contribution is 0.0697. The monoisotopic (exact) mass is 328 g/mol. The van der Waals surface area contributed by atoms with E-state index in [1.54, 1.807) is 12.1 Å². The quantitative estimate of drug-likeness (QED) is 0.672. The van der Waals surface area contributed by atoms with Gasteiger partial charge in [0.25, 0.3) is 0 Å². The maximum Gasteiger partial charge on any atom is 0.335 e. The molecule has 0 aliphatic rings. The molecule has 3 aromatic carbocycles. The molecular formula is C23H20O2. The Morgan fingerprint density at radius 3 is 2.12 bits per heavy atom. The molecule has 0 aliphatic carbocycles. The minimum Gasteiger partial charge on any atom is -0.478 e. The molecule has 3 aromatic rings. The number of carboxylic acid groups (broad SMARTS) is 1. The molecule has 25 heavy (non-hydrogen) atoms. The zero-order valence-electron chi connectivity index (χ0n) is 13.9. The minimum atomic E-state index is -0.898. The van der Waals surface area contributed by atoms with Crippen molar-refractivity contribution >= 4 is 12.0 Å². The first-order chi connectivity index (χ1) is 12.2. The molecule has 0 aromatic heterocycles. The van der Waals surface area contributed by atoms with E-state index in [0.29, 0.717) is 5.56 Å². The van der Waals surface area contributed by atoms with Crippen molar-refractivity contribution in [1.29, 1.82) is 0 Å². The Bertz CT molecular complexity index is 862. The van der Waals surface area contributed by atoms with Gasteiger partial charge < -0.3 is 5.11 Å². The Kier molecular flexibility index (Phi) is 5.43. The zero-order valence-corrected chi connectivity index (χ0v) is 13.9. The highest BCUT2D eigenvalue weighted by atomic mass is 16.4. The van der Waals surface area contributed by atoms with Crippen LogP contribution in [0.4, 0.5) is 0 Å². The molecule has 0 unspecified atom stereocenters. The summed E-state index contributed by atoms with van der Waals surface area (Å²) in [7, 11) is 0. The molecule has 1 N–H and O–H groups in total. The number of rotatable bonds is 6. The molecule has 2 nitrogen and oxygen atoms in total. The van der Waals surface area contributed by atoms with E-state index in [-0.39, 0.29) is 0 Å². The van der Waals surface area contributed by atoms with Crippen LogP contribution < -0.4 is 0 Å². The van der Waals surface area contributed by atoms with Crippen LogP contribution in [-0.2, 0) is 12.8 Å². The van der Waals surface area contributed by atoms with Crippen LogP contribution >= 0.6 is 0 Å². The molecular weight excluding hydrogens is 308 g/mol. The summed E-state index contributed by atoms with van der Waals surface area (Å²) in [5, 5.41) is 8.93. The summed E-state index contributed by atoms with van der Waals surface area (Å²) in [4.78, 5) is 10.9. The molecule has 0 amide bonds. The van der Waals surface area contributed by atoms with Crippen molar-refractivity contribution in [2.45, 2.75) is 12.8 Å². The van der Waals surface area contributed by atoms with E-state index in [1.165, 1.54) is 16.7 Å². The fraction of sp³-hybridized carbons (Fsp3) is 0.0870. The second kappa shape index (κ2) is 8.11. The Hall–Kier alpha value is -3.13. The lowest BCUT2D eigenvalue weighted by Crippen LogP contribution is -1.95. The van der Waals surface area contributed by atoms with Crippen LogP contribution in [-0.4, -0.2) is 11.1 Å². The molecule has 0 heterocycles. The fourth-order valence-corrected chi connectivity index (χ4v) is 2.80. The van der Waals surface area contributed by atoms with E-state index < -0.39 is 5.97 Å². The average molecular weight is 328 g/mol. The summed E-state index contributed by atoms with van der Waals surface area (Å²) in [6.45, 7) is 0. The van der Waals surface area contributed by atoms with Gasteiger partial charge in [-0.15, -0.1) is 0 Å². The standard InChI is InChI=1S/C23H20O2/c24-23(25)21-15-13-18(14-16-21)9-6-12-20-10-4-5-11-22(20)17-19-7-2-1-3-8-19/h1-11,13-16H,12,17H2,(H,24,25). The number of carboxylic acids is 1. The van der Waals surface area contributed by atoms with Gasteiger partial charge in [0.05, 0.1) is 5.56 Å². The molecule has 0 aliphatic heterocycles. The number of allylic oxidation sites excluding steroid dienone is 1. The summed E-state index contributed by atoms with van der Waals surface area (Å²) in [6.07, 6.45) is 5.94. The van der Waals surface area contributed by atoms with Gasteiger partial charge >= 0.3 is 5.97 Å². The van der Waals surface area contributed by atoms with E-state index in [2.05, 4.69) is 54.6 Å². The van der Waals surface area contributed by atoms with Gasteiger partial charge in [0.15, 0.2) is 0 Å². The van der Waals surface area contributed by atoms with Crippen LogP contribution in [0.3, 0.4) is 0 Å². The third kappa shape index (κ3) is 4.67. The van der Waals surface area contributed by atoms with Crippen LogP contribution in [0, 0.1) is 0 Å². The van der Waals surface area contributed by atoms with Crippen LogP contribution in [0.15, 0.2) is 84.9 Å². The van der Waals surface area contributed by atoms with E-state index in [9.17, 15) is 4.79 Å². The first kappa shape index (κ1) is 16.7. The highest BCUT2D eigenvalue weighted by molar-refractivity contribution is 5.87. The topological polar surface area (TPSA) is 37.3 Å². The van der Waals surface area contributed by atoms with E-state index >= 15 is 0 Å². The van der Waals surface area contributed by atoms with Crippen LogP contribution in [0.5, 0.6) is 0 Å².